The summed E-state index contributed by atoms with van der Waals surface area (Å²) in [6.07, 6.45) is 6.29. The molecular formula is C7H16O2Si. The van der Waals surface area contributed by atoms with Crippen LogP contribution in [0.4, 0.5) is 0 Å². The van der Waals surface area contributed by atoms with Crippen LogP contribution in [0.5, 0.6) is 0 Å². The lowest BCUT2D eigenvalue weighted by Crippen LogP contribution is -1.89. The van der Waals surface area contributed by atoms with E-state index in [9.17, 15) is 4.79 Å². The van der Waals surface area contributed by atoms with E-state index in [1.54, 1.807) is 0 Å². The zero-order valence-corrected chi connectivity index (χ0v) is 8.64. The predicted octanol–water partition coefficient (Wildman–Crippen LogP) is 0.433. The van der Waals surface area contributed by atoms with E-state index in [4.69, 9.17) is 4.43 Å². The van der Waals surface area contributed by atoms with E-state index in [1.165, 1.54) is 12.8 Å². The van der Waals surface area contributed by atoms with Gasteiger partial charge in [-0.15, -0.1) is 0 Å². The van der Waals surface area contributed by atoms with Crippen molar-refractivity contribution in [1.82, 2.24) is 0 Å². The second-order valence-corrected chi connectivity index (χ2v) is 2.94. The van der Waals surface area contributed by atoms with Gasteiger partial charge in [-0.1, -0.05) is 12.8 Å². The molecule has 60 valence electrons. The van der Waals surface area contributed by atoms with Crippen LogP contribution in [-0.2, 0) is 9.22 Å². The fraction of sp³-hybridized carbons (Fsp3) is 0.857. The SMILES string of the molecule is O=CCCCCCCO[SiH3]. The molecular weight excluding hydrogens is 144 g/mol. The smallest absolute Gasteiger partial charge is 0.145 e. The second-order valence-electron chi connectivity index (χ2n) is 2.36. The number of rotatable bonds is 7. The molecule has 0 aliphatic rings. The topological polar surface area (TPSA) is 26.3 Å². The van der Waals surface area contributed by atoms with Crippen LogP contribution in [-0.4, -0.2) is 23.4 Å². The molecule has 0 radical (unpaired) electrons. The summed E-state index contributed by atoms with van der Waals surface area (Å²) >= 11 is 0. The van der Waals surface area contributed by atoms with E-state index in [0.29, 0.717) is 0 Å². The van der Waals surface area contributed by atoms with Crippen molar-refractivity contribution in [2.45, 2.75) is 32.1 Å². The molecule has 0 spiro atoms. The highest BCUT2D eigenvalue weighted by molar-refractivity contribution is 5.97. The van der Waals surface area contributed by atoms with Gasteiger partial charge in [0, 0.05) is 13.0 Å². The van der Waals surface area contributed by atoms with Gasteiger partial charge in [-0.05, 0) is 12.8 Å². The number of hydrogen-bond acceptors (Lipinski definition) is 2. The maximum absolute atomic E-state index is 9.87. The zero-order valence-electron chi connectivity index (χ0n) is 6.64. The lowest BCUT2D eigenvalue weighted by molar-refractivity contribution is -0.107. The van der Waals surface area contributed by atoms with Gasteiger partial charge in [0.2, 0.25) is 0 Å². The number of aldehydes is 1. The molecule has 0 amide bonds. The van der Waals surface area contributed by atoms with Crippen LogP contribution in [0.2, 0.25) is 0 Å². The number of carbonyl (C=O) groups excluding carboxylic acids is 1. The Hall–Kier alpha value is -0.153. The summed E-state index contributed by atoms with van der Waals surface area (Å²) < 4.78 is 5.02. The number of hydrogen-bond donors (Lipinski definition) is 0. The average molecular weight is 160 g/mol. The Morgan fingerprint density at radius 2 is 1.90 bits per heavy atom. The van der Waals surface area contributed by atoms with E-state index < -0.39 is 0 Å². The van der Waals surface area contributed by atoms with Gasteiger partial charge in [0.15, 0.2) is 0 Å². The first-order valence-electron chi connectivity index (χ1n) is 3.84. The molecule has 0 saturated carbocycles. The monoisotopic (exact) mass is 160 g/mol. The summed E-state index contributed by atoms with van der Waals surface area (Å²) in [7, 11) is 0.853. The second kappa shape index (κ2) is 8.85. The highest BCUT2D eigenvalue weighted by Crippen LogP contribution is 2.00. The van der Waals surface area contributed by atoms with Crippen LogP contribution in [0, 0.1) is 0 Å². The largest absolute Gasteiger partial charge is 0.428 e. The standard InChI is InChI=1S/C7H16O2Si/c8-6-4-2-1-3-5-7-9-10/h6H,1-5,7H2,10H3. The van der Waals surface area contributed by atoms with Crippen molar-refractivity contribution < 1.29 is 9.22 Å². The van der Waals surface area contributed by atoms with Crippen molar-refractivity contribution >= 4 is 16.8 Å². The molecule has 0 rings (SSSR count). The van der Waals surface area contributed by atoms with Crippen molar-refractivity contribution in [1.29, 1.82) is 0 Å². The van der Waals surface area contributed by atoms with Crippen LogP contribution >= 0.6 is 0 Å². The first-order chi connectivity index (χ1) is 4.91. The fourth-order valence-electron chi connectivity index (χ4n) is 0.828. The molecule has 0 bridgehead atoms. The molecule has 0 atom stereocenters. The Morgan fingerprint density at radius 3 is 2.50 bits per heavy atom. The first-order valence-corrected chi connectivity index (χ1v) is 4.66. The first kappa shape index (κ1) is 9.85. The molecule has 0 heterocycles. The molecule has 0 aromatic carbocycles. The van der Waals surface area contributed by atoms with E-state index in [-0.39, 0.29) is 0 Å². The average Bonchev–Trinajstić information content (AvgIpc) is 1.97. The van der Waals surface area contributed by atoms with Crippen LogP contribution in [0.25, 0.3) is 0 Å². The van der Waals surface area contributed by atoms with Gasteiger partial charge in [-0.25, -0.2) is 0 Å². The van der Waals surface area contributed by atoms with Crippen LogP contribution in [0.15, 0.2) is 0 Å². The van der Waals surface area contributed by atoms with Crippen molar-refractivity contribution in [2.75, 3.05) is 6.61 Å². The van der Waals surface area contributed by atoms with Crippen LogP contribution in [0.1, 0.15) is 32.1 Å². The third kappa shape index (κ3) is 7.85. The summed E-state index contributed by atoms with van der Waals surface area (Å²) in [4.78, 5) is 9.87. The summed E-state index contributed by atoms with van der Waals surface area (Å²) in [5, 5.41) is 0. The molecule has 0 aromatic rings. The normalized spacial score (nSPS) is 10.0. The zero-order chi connectivity index (χ0) is 7.66. The van der Waals surface area contributed by atoms with Crippen LogP contribution in [0.3, 0.4) is 0 Å². The maximum Gasteiger partial charge on any atom is 0.145 e. The predicted molar refractivity (Wildman–Crippen MR) is 45.0 cm³/mol. The van der Waals surface area contributed by atoms with Gasteiger partial charge in [0.05, 0.1) is 0 Å². The molecule has 0 N–H and O–H groups in total. The van der Waals surface area contributed by atoms with Gasteiger partial charge in [0.1, 0.15) is 16.8 Å². The van der Waals surface area contributed by atoms with E-state index in [2.05, 4.69) is 0 Å². The quantitative estimate of drug-likeness (QED) is 0.307. The molecule has 0 saturated heterocycles. The van der Waals surface area contributed by atoms with Crippen molar-refractivity contribution in [3.63, 3.8) is 0 Å². The molecule has 10 heavy (non-hydrogen) atoms. The molecule has 0 aliphatic heterocycles. The molecule has 0 unspecified atom stereocenters. The highest BCUT2D eigenvalue weighted by Gasteiger charge is 1.87. The lowest BCUT2D eigenvalue weighted by Gasteiger charge is -1.97. The Bertz CT molecular complexity index is 76.0. The van der Waals surface area contributed by atoms with E-state index in [0.717, 1.165) is 42.6 Å². The van der Waals surface area contributed by atoms with Crippen molar-refractivity contribution in [3.05, 3.63) is 0 Å². The summed E-state index contributed by atoms with van der Waals surface area (Å²) in [5.41, 5.74) is 0. The fourth-order valence-corrected chi connectivity index (χ4v) is 1.12. The Kier molecular flexibility index (Phi) is 8.71. The van der Waals surface area contributed by atoms with Gasteiger partial charge < -0.3 is 9.22 Å². The molecule has 3 heteroatoms. The van der Waals surface area contributed by atoms with Gasteiger partial charge >= 0.3 is 0 Å². The van der Waals surface area contributed by atoms with Gasteiger partial charge in [-0.3, -0.25) is 0 Å². The summed E-state index contributed by atoms with van der Waals surface area (Å²) in [6.45, 7) is 0.910. The third-order valence-corrected chi connectivity index (χ3v) is 1.83. The molecule has 0 aromatic heterocycles. The Labute approximate surface area is 65.5 Å². The summed E-state index contributed by atoms with van der Waals surface area (Å²) in [6, 6.07) is 0. The van der Waals surface area contributed by atoms with Crippen molar-refractivity contribution in [2.24, 2.45) is 0 Å². The van der Waals surface area contributed by atoms with Crippen LogP contribution < -0.4 is 0 Å². The van der Waals surface area contributed by atoms with Gasteiger partial charge in [0.25, 0.3) is 0 Å². The van der Waals surface area contributed by atoms with E-state index in [1.807, 2.05) is 0 Å². The Morgan fingerprint density at radius 1 is 1.20 bits per heavy atom. The maximum atomic E-state index is 9.87. The molecule has 2 nitrogen and oxygen atoms in total. The third-order valence-electron chi connectivity index (χ3n) is 1.42. The Balaban J connectivity index is 2.70. The van der Waals surface area contributed by atoms with E-state index >= 15 is 0 Å². The highest BCUT2D eigenvalue weighted by atomic mass is 28.2. The lowest BCUT2D eigenvalue weighted by atomic mass is 10.2. The minimum absolute atomic E-state index is 0.724. The number of carbonyl (C=O) groups is 1. The molecule has 0 fully saturated rings. The molecule has 0 aliphatic carbocycles. The van der Waals surface area contributed by atoms with Crippen molar-refractivity contribution in [3.8, 4) is 0 Å². The number of unbranched alkanes of at least 4 members (excludes halogenated alkanes) is 4. The van der Waals surface area contributed by atoms with Gasteiger partial charge in [-0.2, -0.15) is 0 Å². The minimum Gasteiger partial charge on any atom is -0.428 e. The minimum atomic E-state index is 0.724. The summed E-state index contributed by atoms with van der Waals surface area (Å²) in [5.74, 6) is 0.